The number of likely N-dealkylation sites (tertiary alicyclic amines) is 1. The minimum atomic E-state index is -0.486. The number of carbonyl (C=O) groups is 1. The molecule has 0 radical (unpaired) electrons. The van der Waals surface area contributed by atoms with Crippen molar-refractivity contribution in [1.29, 1.82) is 0 Å². The van der Waals surface area contributed by atoms with Gasteiger partial charge in [0.05, 0.1) is 7.11 Å². The molecule has 0 saturated carbocycles. The summed E-state index contributed by atoms with van der Waals surface area (Å²) in [6.07, 6.45) is 3.36. The molecule has 0 spiro atoms. The highest BCUT2D eigenvalue weighted by molar-refractivity contribution is 5.94. The molecule has 128 valence electrons. The Morgan fingerprint density at radius 1 is 1.26 bits per heavy atom. The number of amides is 1. The van der Waals surface area contributed by atoms with Gasteiger partial charge < -0.3 is 15.0 Å². The van der Waals surface area contributed by atoms with Crippen molar-refractivity contribution in [2.75, 3.05) is 33.3 Å². The molecule has 1 amide bonds. The van der Waals surface area contributed by atoms with Crippen LogP contribution in [0, 0.1) is 17.7 Å². The van der Waals surface area contributed by atoms with Gasteiger partial charge in [-0.05, 0) is 62.4 Å². The summed E-state index contributed by atoms with van der Waals surface area (Å²) >= 11 is 0. The first-order chi connectivity index (χ1) is 10.7. The largest absolute Gasteiger partial charge is 0.494 e. The Kier molecular flexibility index (Phi) is 6.25. The van der Waals surface area contributed by atoms with E-state index < -0.39 is 5.82 Å². The van der Waals surface area contributed by atoms with E-state index in [0.29, 0.717) is 11.5 Å². The molecule has 2 aliphatic rings. The lowest BCUT2D eigenvalue weighted by molar-refractivity contribution is 0.0662. The summed E-state index contributed by atoms with van der Waals surface area (Å²) in [7, 11) is 1.42. The van der Waals surface area contributed by atoms with Crippen LogP contribution in [0.5, 0.6) is 5.75 Å². The number of ether oxygens (including phenoxy) is 1. The molecule has 4 nitrogen and oxygen atoms in total. The van der Waals surface area contributed by atoms with Crippen LogP contribution in [0.2, 0.25) is 0 Å². The van der Waals surface area contributed by atoms with Gasteiger partial charge in [-0.3, -0.25) is 4.79 Å². The molecular formula is C17H24ClFN2O2. The molecule has 2 aliphatic heterocycles. The summed E-state index contributed by atoms with van der Waals surface area (Å²) in [5.41, 5.74) is 0.402. The maximum absolute atomic E-state index is 13.7. The van der Waals surface area contributed by atoms with Crippen LogP contribution in [0.1, 0.15) is 29.6 Å². The van der Waals surface area contributed by atoms with Crippen molar-refractivity contribution in [3.8, 4) is 5.75 Å². The molecule has 2 saturated heterocycles. The second kappa shape index (κ2) is 7.97. The molecule has 23 heavy (non-hydrogen) atoms. The average Bonchev–Trinajstić information content (AvgIpc) is 3.09. The standard InChI is InChI=1S/C17H23FN2O2.ClH/c1-22-16-3-2-13(10-15(16)18)17(21)20-8-5-12(6-9-20)14-4-7-19-11-14;/h2-3,10,12,14,19H,4-9,11H2,1H3;1H. The highest BCUT2D eigenvalue weighted by Gasteiger charge is 2.30. The number of nitrogens with one attached hydrogen (secondary N) is 1. The molecule has 1 atom stereocenters. The van der Waals surface area contributed by atoms with E-state index in [1.54, 1.807) is 6.07 Å². The first-order valence-electron chi connectivity index (χ1n) is 8.02. The number of piperidine rings is 1. The molecule has 2 fully saturated rings. The van der Waals surface area contributed by atoms with Crippen molar-refractivity contribution >= 4 is 18.3 Å². The molecule has 1 N–H and O–H groups in total. The number of hydrogen-bond acceptors (Lipinski definition) is 3. The fourth-order valence-corrected chi connectivity index (χ4v) is 3.64. The molecule has 1 aromatic rings. The molecule has 1 aromatic carbocycles. The SMILES string of the molecule is COc1ccc(C(=O)N2CCC(C3CCNC3)CC2)cc1F.Cl. The third-order valence-corrected chi connectivity index (χ3v) is 4.99. The Morgan fingerprint density at radius 3 is 2.57 bits per heavy atom. The van der Waals surface area contributed by atoms with E-state index in [4.69, 9.17) is 4.74 Å². The average molecular weight is 343 g/mol. The van der Waals surface area contributed by atoms with Crippen LogP contribution in [0.25, 0.3) is 0 Å². The molecule has 1 unspecified atom stereocenters. The van der Waals surface area contributed by atoms with Crippen LogP contribution >= 0.6 is 12.4 Å². The highest BCUT2D eigenvalue weighted by atomic mass is 35.5. The van der Waals surface area contributed by atoms with E-state index in [2.05, 4.69) is 5.32 Å². The predicted molar refractivity (Wildman–Crippen MR) is 89.8 cm³/mol. The Labute approximate surface area is 142 Å². The topological polar surface area (TPSA) is 41.6 Å². The van der Waals surface area contributed by atoms with Crippen molar-refractivity contribution in [3.05, 3.63) is 29.6 Å². The third kappa shape index (κ3) is 3.96. The van der Waals surface area contributed by atoms with Crippen LogP contribution in [0.4, 0.5) is 4.39 Å². The van der Waals surface area contributed by atoms with Crippen LogP contribution in [-0.4, -0.2) is 44.1 Å². The van der Waals surface area contributed by atoms with Crippen molar-refractivity contribution in [3.63, 3.8) is 0 Å². The Morgan fingerprint density at radius 2 is 2.00 bits per heavy atom. The van der Waals surface area contributed by atoms with Crippen LogP contribution in [0.15, 0.2) is 18.2 Å². The molecule has 3 rings (SSSR count). The van der Waals surface area contributed by atoms with Gasteiger partial charge in [0.2, 0.25) is 0 Å². The maximum atomic E-state index is 13.7. The van der Waals surface area contributed by atoms with Crippen molar-refractivity contribution in [1.82, 2.24) is 10.2 Å². The zero-order valence-corrected chi connectivity index (χ0v) is 14.2. The van der Waals surface area contributed by atoms with Gasteiger partial charge in [0, 0.05) is 18.7 Å². The van der Waals surface area contributed by atoms with E-state index in [1.807, 2.05) is 4.90 Å². The van der Waals surface area contributed by atoms with Crippen LogP contribution in [0.3, 0.4) is 0 Å². The smallest absolute Gasteiger partial charge is 0.253 e. The molecular weight excluding hydrogens is 319 g/mol. The Balaban J connectivity index is 0.00000192. The lowest BCUT2D eigenvalue weighted by Crippen LogP contribution is -2.40. The predicted octanol–water partition coefficient (Wildman–Crippen LogP) is 2.72. The van der Waals surface area contributed by atoms with Gasteiger partial charge in [0.25, 0.3) is 5.91 Å². The second-order valence-electron chi connectivity index (χ2n) is 6.23. The lowest BCUT2D eigenvalue weighted by atomic mass is 9.83. The van der Waals surface area contributed by atoms with E-state index in [1.165, 1.54) is 25.7 Å². The van der Waals surface area contributed by atoms with E-state index >= 15 is 0 Å². The molecule has 0 aliphatic carbocycles. The summed E-state index contributed by atoms with van der Waals surface area (Å²) in [5.74, 6) is 1.08. The fourth-order valence-electron chi connectivity index (χ4n) is 3.64. The number of carbonyl (C=O) groups excluding carboxylic acids is 1. The van der Waals surface area contributed by atoms with Gasteiger partial charge in [-0.2, -0.15) is 0 Å². The number of halogens is 2. The number of methoxy groups -OCH3 is 1. The summed E-state index contributed by atoms with van der Waals surface area (Å²) in [6.45, 7) is 3.78. The summed E-state index contributed by atoms with van der Waals surface area (Å²) < 4.78 is 18.6. The monoisotopic (exact) mass is 342 g/mol. The summed E-state index contributed by atoms with van der Waals surface area (Å²) in [6, 6.07) is 4.42. The fraction of sp³-hybridized carbons (Fsp3) is 0.588. The molecule has 0 aromatic heterocycles. The first-order valence-corrected chi connectivity index (χ1v) is 8.02. The Bertz CT molecular complexity index is 541. The molecule has 2 heterocycles. The van der Waals surface area contributed by atoms with Gasteiger partial charge in [0.15, 0.2) is 11.6 Å². The first kappa shape index (κ1) is 18.0. The van der Waals surface area contributed by atoms with E-state index in [-0.39, 0.29) is 24.1 Å². The minimum Gasteiger partial charge on any atom is -0.494 e. The zero-order valence-electron chi connectivity index (χ0n) is 13.4. The van der Waals surface area contributed by atoms with Crippen molar-refractivity contribution in [2.24, 2.45) is 11.8 Å². The van der Waals surface area contributed by atoms with Gasteiger partial charge >= 0.3 is 0 Å². The quantitative estimate of drug-likeness (QED) is 0.918. The second-order valence-corrected chi connectivity index (χ2v) is 6.23. The van der Waals surface area contributed by atoms with Gasteiger partial charge in [-0.1, -0.05) is 0 Å². The zero-order chi connectivity index (χ0) is 15.5. The molecule has 6 heteroatoms. The van der Waals surface area contributed by atoms with E-state index in [0.717, 1.165) is 44.9 Å². The number of benzene rings is 1. The Hall–Kier alpha value is -1.33. The highest BCUT2D eigenvalue weighted by Crippen LogP contribution is 2.29. The van der Waals surface area contributed by atoms with Gasteiger partial charge in [0.1, 0.15) is 0 Å². The summed E-state index contributed by atoms with van der Waals surface area (Å²) in [5, 5.41) is 3.41. The number of nitrogens with zero attached hydrogens (tertiary/aromatic N) is 1. The lowest BCUT2D eigenvalue weighted by Gasteiger charge is -2.34. The third-order valence-electron chi connectivity index (χ3n) is 4.99. The van der Waals surface area contributed by atoms with Crippen LogP contribution < -0.4 is 10.1 Å². The molecule has 0 bridgehead atoms. The van der Waals surface area contributed by atoms with Crippen molar-refractivity contribution in [2.45, 2.75) is 19.3 Å². The minimum absolute atomic E-state index is 0. The van der Waals surface area contributed by atoms with E-state index in [9.17, 15) is 9.18 Å². The normalized spacial score (nSPS) is 21.8. The van der Waals surface area contributed by atoms with Gasteiger partial charge in [-0.25, -0.2) is 4.39 Å². The van der Waals surface area contributed by atoms with Crippen molar-refractivity contribution < 1.29 is 13.9 Å². The van der Waals surface area contributed by atoms with Gasteiger partial charge in [-0.15, -0.1) is 12.4 Å². The number of hydrogen-bond donors (Lipinski definition) is 1. The van der Waals surface area contributed by atoms with Crippen LogP contribution in [-0.2, 0) is 0 Å². The number of rotatable bonds is 3. The maximum Gasteiger partial charge on any atom is 0.253 e. The summed E-state index contributed by atoms with van der Waals surface area (Å²) in [4.78, 5) is 14.3.